The minimum Gasteiger partial charge on any atom is -0.508 e. The number of aromatic nitrogens is 1. The summed E-state index contributed by atoms with van der Waals surface area (Å²) >= 11 is 14.7. The van der Waals surface area contributed by atoms with Gasteiger partial charge in [-0.15, -0.1) is 0 Å². The number of benzene rings is 4. The molecule has 0 saturated heterocycles. The molecule has 0 aliphatic heterocycles. The van der Waals surface area contributed by atoms with Gasteiger partial charge in [0.2, 0.25) is 70.9 Å². The number of phenols is 1. The number of rotatable bonds is 50. The Bertz CT molecular complexity index is 3770. The van der Waals surface area contributed by atoms with E-state index in [1.54, 1.807) is 72.9 Å². The molecule has 0 spiro atoms. The van der Waals surface area contributed by atoms with E-state index < -0.39 is 150 Å². The standard InChI is InChI=1S/C74H107ClN18O14S2/c1-43(94)63(74(107)92-60(41-108)67(100)82-34-14-10-18-51(79)65(98)84-40-62(96)85-61(42-109)73(106)88-55(21-8-12-32-77)68(101)86-54(64(81)97)20-7-11-31-76)93-69(102)56(22-9-13-33-78)87-72(105)59(38-47-39-83-53-19-6-5-17-50(47)53)91-71(104)58(37-46-25-29-49(95)30-26-46)90-70(103)57(36-45-23-27-48(75)28-24-45)89-66(99)52(80)35-44-15-3-2-4-16-44/h2-6,15-17,19,23-30,39,43,51-52,54-61,63,83,94-95,108-109H,7-14,18,20-22,31-38,40-42,76-80H2,1H3,(H2,81,97)(H,82,100)(H,84,98)(H,85,96)(H,86,101)(H,87,105)(H,88,106)(H,89,99)(H,90,103)(H,91,104)(H,92,107)(H,93,102)/t43-,51+,52-,54+,55+,56+,57+,58+,59-,60+,61+,63+/m1/s1. The highest BCUT2D eigenvalue weighted by Crippen LogP contribution is 2.21. The summed E-state index contributed by atoms with van der Waals surface area (Å²) in [6.45, 7) is 1.59. The number of aliphatic hydroxyl groups excluding tert-OH is 1. The van der Waals surface area contributed by atoms with E-state index >= 15 is 9.59 Å². The molecule has 0 bridgehead atoms. The van der Waals surface area contributed by atoms with Gasteiger partial charge >= 0.3 is 0 Å². The molecule has 0 fully saturated rings. The Morgan fingerprint density at radius 1 is 0.440 bits per heavy atom. The Morgan fingerprint density at radius 2 is 0.881 bits per heavy atom. The molecule has 1 heterocycles. The van der Waals surface area contributed by atoms with Crippen molar-refractivity contribution in [2.75, 3.05) is 44.2 Å². The lowest BCUT2D eigenvalue weighted by atomic mass is 10.00. The summed E-state index contributed by atoms with van der Waals surface area (Å²) in [4.78, 5) is 169. The molecule has 26 N–H and O–H groups in total. The van der Waals surface area contributed by atoms with Gasteiger partial charge in [0.25, 0.3) is 0 Å². The van der Waals surface area contributed by atoms with Gasteiger partial charge in [-0.2, -0.15) is 25.3 Å². The number of amides is 12. The maximum absolute atomic E-state index is 15.1. The van der Waals surface area contributed by atoms with Gasteiger partial charge in [-0.3, -0.25) is 57.5 Å². The molecule has 12 amide bonds. The lowest BCUT2D eigenvalue weighted by Gasteiger charge is -2.28. The minimum atomic E-state index is -1.71. The Balaban J connectivity index is 1.22. The molecule has 0 aliphatic carbocycles. The number of hydrogen-bond acceptors (Lipinski definition) is 21. The molecule has 0 aliphatic rings. The molecule has 12 atom stereocenters. The monoisotopic (exact) mass is 1570 g/mol. The number of unbranched alkanes of at least 4 members (excludes halogenated alkanes) is 4. The molecule has 5 aromatic rings. The lowest BCUT2D eigenvalue weighted by molar-refractivity contribution is -0.136. The van der Waals surface area contributed by atoms with Crippen LogP contribution in [0.5, 0.6) is 5.75 Å². The summed E-state index contributed by atoms with van der Waals surface area (Å²) in [5.74, 6) is -9.98. The third kappa shape index (κ3) is 31.6. The molecule has 0 unspecified atom stereocenters. The quantitative estimate of drug-likeness (QED) is 0.0153. The largest absolute Gasteiger partial charge is 0.508 e. The third-order valence-electron chi connectivity index (χ3n) is 17.8. The SMILES string of the molecule is C[C@@H](O)[C@H](NC(=O)[C@H](CCCCN)NC(=O)[C@@H](Cc1c[nH]c2ccccc12)NC(=O)[C@H](Cc1ccc(O)cc1)NC(=O)[C@H](Cc1ccc(Cl)cc1)NC(=O)[C@H](N)Cc1ccccc1)C(=O)N[C@@H](CS)C(=O)NCCCC[C@H](N)C(=O)NCC(=O)N[C@@H](CS)C(=O)N[C@@H](CCCCN)C(=O)N[C@@H](CCCCN)C(N)=O. The van der Waals surface area contributed by atoms with E-state index in [-0.39, 0.29) is 94.6 Å². The van der Waals surface area contributed by atoms with Crippen LogP contribution in [-0.2, 0) is 83.2 Å². The van der Waals surface area contributed by atoms with E-state index in [9.17, 15) is 58.2 Å². The van der Waals surface area contributed by atoms with Gasteiger partial charge in [0.1, 0.15) is 60.1 Å². The molecule has 1 aromatic heterocycles. The second kappa shape index (κ2) is 48.2. The number of primary amides is 1. The molecule has 0 saturated carbocycles. The van der Waals surface area contributed by atoms with Gasteiger partial charge in [-0.1, -0.05) is 84.4 Å². The highest BCUT2D eigenvalue weighted by Gasteiger charge is 2.37. The molecule has 5 rings (SSSR count). The van der Waals surface area contributed by atoms with Crippen LogP contribution >= 0.6 is 36.9 Å². The highest BCUT2D eigenvalue weighted by molar-refractivity contribution is 7.80. The fraction of sp³-hybridized carbons (Fsp3) is 0.486. The summed E-state index contributed by atoms with van der Waals surface area (Å²) < 4.78 is 0. The number of aliphatic hydroxyl groups is 1. The van der Waals surface area contributed by atoms with Crippen LogP contribution in [-0.4, -0.2) is 203 Å². The number of para-hydroxylation sites is 1. The van der Waals surface area contributed by atoms with E-state index in [0.717, 1.165) is 5.56 Å². The Morgan fingerprint density at radius 3 is 1.42 bits per heavy atom. The van der Waals surface area contributed by atoms with Crippen LogP contribution in [0.1, 0.15) is 106 Å². The third-order valence-corrected chi connectivity index (χ3v) is 18.8. The van der Waals surface area contributed by atoms with Crippen LogP contribution < -0.4 is 92.9 Å². The van der Waals surface area contributed by atoms with Crippen molar-refractivity contribution in [2.24, 2.45) is 34.4 Å². The predicted octanol–water partition coefficient (Wildman–Crippen LogP) is -1.67. The number of carbonyl (C=O) groups is 12. The first-order valence-corrected chi connectivity index (χ1v) is 38.0. The summed E-state index contributed by atoms with van der Waals surface area (Å²) in [5, 5.41) is 51.3. The van der Waals surface area contributed by atoms with Crippen molar-refractivity contribution >= 4 is 119 Å². The van der Waals surface area contributed by atoms with E-state index in [0.29, 0.717) is 84.2 Å². The number of phenolic OH excluding ortho intramolecular Hbond substituents is 1. The molecule has 35 heteroatoms. The molecular weight excluding hydrogens is 1460 g/mol. The molecule has 0 radical (unpaired) electrons. The molecule has 32 nitrogen and oxygen atoms in total. The van der Waals surface area contributed by atoms with Gasteiger partial charge in [0, 0.05) is 59.4 Å². The maximum atomic E-state index is 15.1. The molecule has 596 valence electrons. The second-order valence-corrected chi connectivity index (χ2v) is 27.7. The average Bonchev–Trinajstić information content (AvgIpc) is 1.57. The fourth-order valence-electron chi connectivity index (χ4n) is 11.6. The summed E-state index contributed by atoms with van der Waals surface area (Å²) in [5.41, 5.74) is 38.3. The number of carbonyl (C=O) groups excluding carboxylic acids is 12. The first-order chi connectivity index (χ1) is 52.2. The lowest BCUT2D eigenvalue weighted by Crippen LogP contribution is -2.62. The Kier molecular flexibility index (Phi) is 39.9. The maximum Gasteiger partial charge on any atom is 0.245 e. The van der Waals surface area contributed by atoms with Crippen molar-refractivity contribution < 1.29 is 67.7 Å². The van der Waals surface area contributed by atoms with E-state index in [2.05, 4.69) is 88.7 Å². The van der Waals surface area contributed by atoms with Crippen LogP contribution in [0.3, 0.4) is 0 Å². The number of nitrogens with one attached hydrogen (secondary N) is 12. The van der Waals surface area contributed by atoms with Crippen molar-refractivity contribution in [1.29, 1.82) is 0 Å². The Labute approximate surface area is 649 Å². The average molecular weight is 1570 g/mol. The van der Waals surface area contributed by atoms with Gasteiger partial charge in [0.05, 0.1) is 24.7 Å². The van der Waals surface area contributed by atoms with Crippen molar-refractivity contribution in [3.63, 3.8) is 0 Å². The zero-order valence-corrected chi connectivity index (χ0v) is 63.7. The van der Waals surface area contributed by atoms with Crippen LogP contribution in [0.4, 0.5) is 0 Å². The predicted molar refractivity (Wildman–Crippen MR) is 420 cm³/mol. The number of H-pyrrole nitrogens is 1. The summed E-state index contributed by atoms with van der Waals surface area (Å²) in [6, 6.07) is 14.4. The van der Waals surface area contributed by atoms with Gasteiger partial charge in [-0.25, -0.2) is 0 Å². The topological polar surface area (TPSA) is 550 Å². The number of halogens is 1. The minimum absolute atomic E-state index is 0.0336. The number of fused-ring (bicyclic) bond motifs is 1. The number of aromatic amines is 1. The van der Waals surface area contributed by atoms with Crippen molar-refractivity contribution in [3.05, 3.63) is 137 Å². The smallest absolute Gasteiger partial charge is 0.245 e. The highest BCUT2D eigenvalue weighted by atomic mass is 35.5. The zero-order chi connectivity index (χ0) is 80.0. The van der Waals surface area contributed by atoms with Crippen LogP contribution in [0, 0.1) is 0 Å². The van der Waals surface area contributed by atoms with Gasteiger partial charge in [-0.05, 0) is 163 Å². The zero-order valence-electron chi connectivity index (χ0n) is 61.1. The number of aromatic hydroxyl groups is 1. The van der Waals surface area contributed by atoms with Crippen LogP contribution in [0.15, 0.2) is 109 Å². The summed E-state index contributed by atoms with van der Waals surface area (Å²) in [6.07, 6.45) is 3.57. The van der Waals surface area contributed by atoms with E-state index in [1.165, 1.54) is 19.1 Å². The fourth-order valence-corrected chi connectivity index (χ4v) is 12.2. The number of hydrogen-bond donors (Lipinski definition) is 22. The van der Waals surface area contributed by atoms with Crippen molar-refractivity contribution in [1.82, 2.24) is 63.5 Å². The van der Waals surface area contributed by atoms with E-state index in [1.807, 2.05) is 24.3 Å². The summed E-state index contributed by atoms with van der Waals surface area (Å²) in [7, 11) is 0. The van der Waals surface area contributed by atoms with Crippen LogP contribution in [0.2, 0.25) is 5.02 Å². The number of nitrogens with two attached hydrogens (primary N) is 6. The first kappa shape index (κ1) is 90.2. The van der Waals surface area contributed by atoms with Crippen LogP contribution in [0.25, 0.3) is 10.9 Å². The number of thiol groups is 2. The molecular formula is C74H107ClN18O14S2. The van der Waals surface area contributed by atoms with Crippen molar-refractivity contribution in [2.45, 2.75) is 182 Å². The van der Waals surface area contributed by atoms with Gasteiger partial charge in [0.15, 0.2) is 0 Å². The Hall–Kier alpha value is -9.39. The second-order valence-electron chi connectivity index (χ2n) is 26.6. The molecule has 4 aromatic carbocycles. The van der Waals surface area contributed by atoms with Crippen molar-refractivity contribution in [3.8, 4) is 5.75 Å². The van der Waals surface area contributed by atoms with E-state index in [4.69, 9.17) is 46.0 Å². The molecule has 109 heavy (non-hydrogen) atoms. The van der Waals surface area contributed by atoms with Gasteiger partial charge < -0.3 is 108 Å². The first-order valence-electron chi connectivity index (χ1n) is 36.4. The normalized spacial score (nSPS) is 14.5.